The first kappa shape index (κ1) is 14.8. The van der Waals surface area contributed by atoms with Gasteiger partial charge in [0.15, 0.2) is 5.69 Å². The molecule has 1 aromatic carbocycles. The molecule has 1 aromatic heterocycles. The van der Waals surface area contributed by atoms with Crippen LogP contribution in [0.25, 0.3) is 0 Å². The quantitative estimate of drug-likeness (QED) is 0.621. The summed E-state index contributed by atoms with van der Waals surface area (Å²) in [5.41, 5.74) is 0.190. The Kier molecular flexibility index (Phi) is 5.51. The molecule has 0 unspecified atom stereocenters. The third-order valence-electron chi connectivity index (χ3n) is 2.70. The van der Waals surface area contributed by atoms with E-state index in [1.165, 1.54) is 7.11 Å². The Balaban J connectivity index is 1.68. The van der Waals surface area contributed by atoms with Gasteiger partial charge in [-0.2, -0.15) is 0 Å². The van der Waals surface area contributed by atoms with Gasteiger partial charge in [-0.05, 0) is 30.7 Å². The number of hydrogen-bond acceptors (Lipinski definition) is 6. The maximum atomic E-state index is 11.2. The first-order valence-corrected chi connectivity index (χ1v) is 6.63. The first-order valence-electron chi connectivity index (χ1n) is 6.63. The zero-order valence-corrected chi connectivity index (χ0v) is 11.8. The fraction of sp³-hybridized carbons (Fsp3) is 0.267. The Labute approximate surface area is 123 Å². The number of carbonyl (C=O) groups is 1. The second-order valence-corrected chi connectivity index (χ2v) is 4.24. The average molecular weight is 287 g/mol. The molecule has 21 heavy (non-hydrogen) atoms. The van der Waals surface area contributed by atoms with Crippen molar-refractivity contribution < 1.29 is 14.3 Å². The molecule has 0 aliphatic heterocycles. The maximum absolute atomic E-state index is 11.2. The van der Waals surface area contributed by atoms with Gasteiger partial charge in [-0.3, -0.25) is 0 Å². The van der Waals surface area contributed by atoms with Gasteiger partial charge in [-0.15, -0.1) is 10.2 Å². The number of para-hydroxylation sites is 1. The van der Waals surface area contributed by atoms with Gasteiger partial charge in [0.1, 0.15) is 11.6 Å². The highest BCUT2D eigenvalue weighted by Gasteiger charge is 2.07. The predicted octanol–water partition coefficient (Wildman–Crippen LogP) is 2.14. The van der Waals surface area contributed by atoms with E-state index in [1.54, 1.807) is 12.1 Å². The molecule has 0 fully saturated rings. The summed E-state index contributed by atoms with van der Waals surface area (Å²) in [6, 6.07) is 12.9. The van der Waals surface area contributed by atoms with Crippen molar-refractivity contribution in [3.05, 3.63) is 48.2 Å². The second kappa shape index (κ2) is 7.84. The number of ether oxygens (including phenoxy) is 2. The predicted molar refractivity (Wildman–Crippen MR) is 78.4 cm³/mol. The molecule has 2 aromatic rings. The molecule has 0 aliphatic rings. The Bertz CT molecular complexity index is 558. The van der Waals surface area contributed by atoms with E-state index in [9.17, 15) is 4.79 Å². The molecule has 0 spiro atoms. The number of methoxy groups -OCH3 is 1. The van der Waals surface area contributed by atoms with Crippen LogP contribution in [0.1, 0.15) is 16.9 Å². The van der Waals surface area contributed by atoms with Crippen LogP contribution >= 0.6 is 0 Å². The van der Waals surface area contributed by atoms with E-state index in [2.05, 4.69) is 20.3 Å². The zero-order chi connectivity index (χ0) is 14.9. The fourth-order valence-electron chi connectivity index (χ4n) is 1.64. The van der Waals surface area contributed by atoms with Gasteiger partial charge in [0, 0.05) is 6.54 Å². The molecule has 6 heteroatoms. The molecule has 0 aliphatic carbocycles. The Morgan fingerprint density at radius 1 is 1.14 bits per heavy atom. The summed E-state index contributed by atoms with van der Waals surface area (Å²) < 4.78 is 10.1. The molecule has 0 radical (unpaired) electrons. The number of esters is 1. The summed E-state index contributed by atoms with van der Waals surface area (Å²) >= 11 is 0. The molecule has 6 nitrogen and oxygen atoms in total. The normalized spacial score (nSPS) is 9.95. The second-order valence-electron chi connectivity index (χ2n) is 4.24. The largest absolute Gasteiger partial charge is 0.494 e. The van der Waals surface area contributed by atoms with E-state index in [0.717, 1.165) is 12.2 Å². The summed E-state index contributed by atoms with van der Waals surface area (Å²) in [6.45, 7) is 1.32. The molecule has 0 atom stereocenters. The lowest BCUT2D eigenvalue weighted by molar-refractivity contribution is 0.0593. The minimum Gasteiger partial charge on any atom is -0.494 e. The van der Waals surface area contributed by atoms with Crippen molar-refractivity contribution in [1.82, 2.24) is 10.2 Å². The van der Waals surface area contributed by atoms with Crippen molar-refractivity contribution in [2.75, 3.05) is 25.6 Å². The van der Waals surface area contributed by atoms with Gasteiger partial charge in [0.05, 0.1) is 13.7 Å². The van der Waals surface area contributed by atoms with Crippen molar-refractivity contribution in [2.45, 2.75) is 6.42 Å². The summed E-state index contributed by atoms with van der Waals surface area (Å²) in [5, 5.41) is 10.8. The van der Waals surface area contributed by atoms with Crippen LogP contribution in [0.4, 0.5) is 5.82 Å². The molecule has 0 amide bonds. The highest BCUT2D eigenvalue weighted by atomic mass is 16.5. The van der Waals surface area contributed by atoms with Gasteiger partial charge in [0.25, 0.3) is 0 Å². The van der Waals surface area contributed by atoms with Crippen molar-refractivity contribution in [2.24, 2.45) is 0 Å². The number of hydrogen-bond donors (Lipinski definition) is 1. The Morgan fingerprint density at radius 2 is 1.95 bits per heavy atom. The molecule has 110 valence electrons. The van der Waals surface area contributed by atoms with Crippen LogP contribution in [0.5, 0.6) is 5.75 Å². The van der Waals surface area contributed by atoms with Crippen LogP contribution in [0, 0.1) is 0 Å². The molecule has 0 saturated carbocycles. The SMILES string of the molecule is COC(=O)c1ccc(NCCCOc2ccccc2)nn1. The number of aromatic nitrogens is 2. The Morgan fingerprint density at radius 3 is 2.62 bits per heavy atom. The van der Waals surface area contributed by atoms with Crippen LogP contribution in [0.15, 0.2) is 42.5 Å². The van der Waals surface area contributed by atoms with Gasteiger partial charge in [-0.25, -0.2) is 4.79 Å². The number of anilines is 1. The lowest BCUT2D eigenvalue weighted by atomic mass is 10.3. The molecular weight excluding hydrogens is 270 g/mol. The van der Waals surface area contributed by atoms with Crippen molar-refractivity contribution in [3.8, 4) is 5.75 Å². The van der Waals surface area contributed by atoms with E-state index in [-0.39, 0.29) is 5.69 Å². The topological polar surface area (TPSA) is 73.3 Å². The highest BCUT2D eigenvalue weighted by molar-refractivity contribution is 5.86. The van der Waals surface area contributed by atoms with E-state index in [4.69, 9.17) is 4.74 Å². The van der Waals surface area contributed by atoms with E-state index < -0.39 is 5.97 Å². The summed E-state index contributed by atoms with van der Waals surface area (Å²) in [7, 11) is 1.31. The molecular formula is C15H17N3O3. The molecule has 1 N–H and O–H groups in total. The van der Waals surface area contributed by atoms with Crippen LogP contribution in [0.3, 0.4) is 0 Å². The number of benzene rings is 1. The summed E-state index contributed by atoms with van der Waals surface area (Å²) in [6.07, 6.45) is 0.829. The number of rotatable bonds is 7. The number of nitrogens with one attached hydrogen (secondary N) is 1. The fourth-order valence-corrected chi connectivity index (χ4v) is 1.64. The van der Waals surface area contributed by atoms with Gasteiger partial charge < -0.3 is 14.8 Å². The smallest absolute Gasteiger partial charge is 0.358 e. The number of nitrogens with zero attached hydrogens (tertiary/aromatic N) is 2. The summed E-state index contributed by atoms with van der Waals surface area (Å²) in [4.78, 5) is 11.2. The van der Waals surface area contributed by atoms with Gasteiger partial charge in [-0.1, -0.05) is 18.2 Å². The van der Waals surface area contributed by atoms with Crippen molar-refractivity contribution in [1.29, 1.82) is 0 Å². The summed E-state index contributed by atoms with van der Waals surface area (Å²) in [5.74, 6) is 0.979. The monoisotopic (exact) mass is 287 g/mol. The van der Waals surface area contributed by atoms with E-state index in [1.807, 2.05) is 30.3 Å². The highest BCUT2D eigenvalue weighted by Crippen LogP contribution is 2.08. The van der Waals surface area contributed by atoms with Gasteiger partial charge in [0.2, 0.25) is 0 Å². The van der Waals surface area contributed by atoms with Crippen LogP contribution in [0.2, 0.25) is 0 Å². The van der Waals surface area contributed by atoms with E-state index >= 15 is 0 Å². The minimum absolute atomic E-state index is 0.190. The lowest BCUT2D eigenvalue weighted by Crippen LogP contribution is -2.10. The molecule has 1 heterocycles. The van der Waals surface area contributed by atoms with Crippen LogP contribution in [-0.4, -0.2) is 36.4 Å². The zero-order valence-electron chi connectivity index (χ0n) is 11.8. The van der Waals surface area contributed by atoms with E-state index in [0.29, 0.717) is 19.0 Å². The van der Waals surface area contributed by atoms with Crippen LogP contribution in [-0.2, 0) is 4.74 Å². The average Bonchev–Trinajstić information content (AvgIpc) is 2.55. The lowest BCUT2D eigenvalue weighted by Gasteiger charge is -2.07. The molecule has 0 saturated heterocycles. The van der Waals surface area contributed by atoms with Crippen LogP contribution < -0.4 is 10.1 Å². The third-order valence-corrected chi connectivity index (χ3v) is 2.70. The molecule has 0 bridgehead atoms. The Hall–Kier alpha value is -2.63. The number of carbonyl (C=O) groups excluding carboxylic acids is 1. The van der Waals surface area contributed by atoms with Gasteiger partial charge >= 0.3 is 5.97 Å². The first-order chi connectivity index (χ1) is 10.3. The minimum atomic E-state index is -0.495. The molecule has 2 rings (SSSR count). The maximum Gasteiger partial charge on any atom is 0.358 e. The third kappa shape index (κ3) is 4.76. The standard InChI is InChI=1S/C15H17N3O3/c1-20-15(19)13-8-9-14(18-17-13)16-10-5-11-21-12-6-3-2-4-7-12/h2-4,6-9H,5,10-11H2,1H3,(H,16,18). The van der Waals surface area contributed by atoms with Crippen molar-refractivity contribution in [3.63, 3.8) is 0 Å². The van der Waals surface area contributed by atoms with Crippen molar-refractivity contribution >= 4 is 11.8 Å².